The molecular weight excluding hydrogens is 414 g/mol. The summed E-state index contributed by atoms with van der Waals surface area (Å²) in [5, 5.41) is 6.48. The van der Waals surface area contributed by atoms with E-state index in [0.717, 1.165) is 25.7 Å². The molecule has 7 nitrogen and oxygen atoms in total. The molecule has 2 aromatic rings. The number of hydrogen-bond donors (Lipinski definition) is 2. The molecule has 0 amide bonds. The van der Waals surface area contributed by atoms with Crippen LogP contribution in [0, 0.1) is 5.92 Å². The van der Waals surface area contributed by atoms with Gasteiger partial charge in [-0.15, -0.1) is 0 Å². The lowest BCUT2D eigenvalue weighted by molar-refractivity contribution is 0.0304. The molecule has 1 aromatic heterocycles. The first-order valence-corrected chi connectivity index (χ1v) is 11.5. The Balaban J connectivity index is 1.52. The SMILES string of the molecule is CC(C)(C)S(=O)(=O)NCC1CCC(Nc2nc(C(F)(F)c3ccccc3)no2)CC1. The van der Waals surface area contributed by atoms with Crippen molar-refractivity contribution in [3.8, 4) is 0 Å². The molecule has 0 saturated heterocycles. The summed E-state index contributed by atoms with van der Waals surface area (Å²) in [5.41, 5.74) is -0.199. The maximum absolute atomic E-state index is 14.5. The Labute approximate surface area is 175 Å². The standard InChI is InChI=1S/C20H28F2N4O3S/c1-19(2,3)30(27,28)23-13-14-9-11-16(12-10-14)24-18-25-17(26-29-18)20(21,22)15-7-5-4-6-8-15/h4-8,14,16,23H,9-13H2,1-3H3,(H,24,25,26). The van der Waals surface area contributed by atoms with Crippen LogP contribution >= 0.6 is 0 Å². The first kappa shape index (κ1) is 22.6. The number of alkyl halides is 2. The van der Waals surface area contributed by atoms with Gasteiger partial charge in [-0.25, -0.2) is 13.1 Å². The second kappa shape index (κ2) is 8.58. The number of hydrogen-bond acceptors (Lipinski definition) is 6. The highest BCUT2D eigenvalue weighted by atomic mass is 32.2. The highest BCUT2D eigenvalue weighted by Gasteiger charge is 2.39. The Hall–Kier alpha value is -2.07. The average Bonchev–Trinajstić information content (AvgIpc) is 3.17. The molecule has 0 radical (unpaired) electrons. The van der Waals surface area contributed by atoms with Crippen LogP contribution in [0.5, 0.6) is 0 Å². The van der Waals surface area contributed by atoms with Crippen LogP contribution < -0.4 is 10.0 Å². The molecule has 30 heavy (non-hydrogen) atoms. The maximum atomic E-state index is 14.5. The van der Waals surface area contributed by atoms with E-state index in [1.165, 1.54) is 24.3 Å². The van der Waals surface area contributed by atoms with Crippen molar-refractivity contribution < 1.29 is 21.7 Å². The molecule has 1 aliphatic rings. The minimum Gasteiger partial charge on any atom is -0.335 e. The predicted octanol–water partition coefficient (Wildman–Crippen LogP) is 3.90. The first-order valence-electron chi connectivity index (χ1n) is 10.0. The van der Waals surface area contributed by atoms with Crippen LogP contribution in [0.2, 0.25) is 0 Å². The summed E-state index contributed by atoms with van der Waals surface area (Å²) in [7, 11) is -3.36. The third-order valence-electron chi connectivity index (χ3n) is 5.39. The minimum absolute atomic E-state index is 0.0131. The number of benzene rings is 1. The largest absolute Gasteiger partial charge is 0.335 e. The highest BCUT2D eigenvalue weighted by Crippen LogP contribution is 2.34. The summed E-state index contributed by atoms with van der Waals surface area (Å²) in [6.07, 6.45) is 3.14. The molecule has 1 saturated carbocycles. The number of anilines is 1. The van der Waals surface area contributed by atoms with Gasteiger partial charge < -0.3 is 9.84 Å². The third-order valence-corrected chi connectivity index (χ3v) is 7.54. The van der Waals surface area contributed by atoms with Crippen LogP contribution in [-0.2, 0) is 15.9 Å². The smallest absolute Gasteiger partial charge is 0.335 e. The van der Waals surface area contributed by atoms with Crippen LogP contribution in [0.3, 0.4) is 0 Å². The lowest BCUT2D eigenvalue weighted by Crippen LogP contribution is -2.42. The lowest BCUT2D eigenvalue weighted by Gasteiger charge is -2.29. The van der Waals surface area contributed by atoms with Gasteiger partial charge in [0.15, 0.2) is 0 Å². The first-order chi connectivity index (χ1) is 14.0. The topological polar surface area (TPSA) is 97.1 Å². The van der Waals surface area contributed by atoms with E-state index < -0.39 is 26.5 Å². The molecule has 1 fully saturated rings. The van der Waals surface area contributed by atoms with Crippen molar-refractivity contribution in [3.63, 3.8) is 0 Å². The summed E-state index contributed by atoms with van der Waals surface area (Å²) < 4.78 is 60.2. The Bertz CT molecular complexity index is 934. The van der Waals surface area contributed by atoms with Gasteiger partial charge >= 0.3 is 11.9 Å². The molecule has 0 aliphatic heterocycles. The number of sulfonamides is 1. The fourth-order valence-corrected chi connectivity index (χ4v) is 4.20. The fraction of sp³-hybridized carbons (Fsp3) is 0.600. The summed E-state index contributed by atoms with van der Waals surface area (Å²) in [4.78, 5) is 3.84. The lowest BCUT2D eigenvalue weighted by atomic mass is 9.86. The molecule has 10 heteroatoms. The van der Waals surface area contributed by atoms with E-state index in [1.54, 1.807) is 26.8 Å². The van der Waals surface area contributed by atoms with Gasteiger partial charge in [-0.1, -0.05) is 35.5 Å². The van der Waals surface area contributed by atoms with E-state index in [0.29, 0.717) is 6.54 Å². The van der Waals surface area contributed by atoms with Crippen molar-refractivity contribution >= 4 is 16.0 Å². The molecule has 166 valence electrons. The summed E-state index contributed by atoms with van der Waals surface area (Å²) in [5.74, 6) is -3.78. The zero-order chi connectivity index (χ0) is 22.0. The van der Waals surface area contributed by atoms with Crippen molar-refractivity contribution in [3.05, 3.63) is 41.7 Å². The Morgan fingerprint density at radius 3 is 2.33 bits per heavy atom. The van der Waals surface area contributed by atoms with Crippen LogP contribution in [-0.4, -0.2) is 35.9 Å². The van der Waals surface area contributed by atoms with Crippen molar-refractivity contribution in [2.45, 2.75) is 63.2 Å². The third kappa shape index (κ3) is 5.15. The second-order valence-corrected chi connectivity index (χ2v) is 11.2. The molecule has 1 aliphatic carbocycles. The van der Waals surface area contributed by atoms with Gasteiger partial charge in [0.2, 0.25) is 15.8 Å². The monoisotopic (exact) mass is 442 g/mol. The number of rotatable bonds is 7. The summed E-state index contributed by atoms with van der Waals surface area (Å²) in [6, 6.07) is 7.34. The van der Waals surface area contributed by atoms with Gasteiger partial charge in [0, 0.05) is 18.2 Å². The van der Waals surface area contributed by atoms with Crippen molar-refractivity contribution in [1.29, 1.82) is 0 Å². The molecule has 1 heterocycles. The highest BCUT2D eigenvalue weighted by molar-refractivity contribution is 7.90. The molecule has 3 rings (SSSR count). The molecule has 0 unspecified atom stereocenters. The Morgan fingerprint density at radius 1 is 1.10 bits per heavy atom. The van der Waals surface area contributed by atoms with E-state index in [9.17, 15) is 17.2 Å². The Morgan fingerprint density at radius 2 is 1.73 bits per heavy atom. The van der Waals surface area contributed by atoms with E-state index in [1.807, 2.05) is 0 Å². The van der Waals surface area contributed by atoms with Gasteiger partial charge in [0.1, 0.15) is 0 Å². The Kier molecular flexibility index (Phi) is 6.47. The zero-order valence-corrected chi connectivity index (χ0v) is 18.2. The predicted molar refractivity (Wildman–Crippen MR) is 110 cm³/mol. The maximum Gasteiger partial charge on any atom is 0.335 e. The van der Waals surface area contributed by atoms with Gasteiger partial charge in [0.05, 0.1) is 4.75 Å². The molecule has 2 N–H and O–H groups in total. The van der Waals surface area contributed by atoms with Crippen LogP contribution in [0.1, 0.15) is 57.8 Å². The second-order valence-electron chi connectivity index (χ2n) is 8.69. The minimum atomic E-state index is -3.36. The molecular formula is C20H28F2N4O3S. The number of nitrogens with one attached hydrogen (secondary N) is 2. The van der Waals surface area contributed by atoms with Crippen molar-refractivity contribution in [2.75, 3.05) is 11.9 Å². The quantitative estimate of drug-likeness (QED) is 0.675. The van der Waals surface area contributed by atoms with Gasteiger partial charge in [-0.3, -0.25) is 0 Å². The molecule has 0 spiro atoms. The summed E-state index contributed by atoms with van der Waals surface area (Å²) in [6.45, 7) is 5.39. The average molecular weight is 443 g/mol. The van der Waals surface area contributed by atoms with Gasteiger partial charge in [-0.2, -0.15) is 13.8 Å². The fourth-order valence-electron chi connectivity index (χ4n) is 3.32. The zero-order valence-electron chi connectivity index (χ0n) is 17.4. The van der Waals surface area contributed by atoms with E-state index >= 15 is 0 Å². The van der Waals surface area contributed by atoms with Gasteiger partial charge in [0.25, 0.3) is 0 Å². The van der Waals surface area contributed by atoms with E-state index in [2.05, 4.69) is 20.2 Å². The normalized spacial score (nSPS) is 20.8. The van der Waals surface area contributed by atoms with Crippen LogP contribution in [0.25, 0.3) is 0 Å². The number of halogens is 2. The van der Waals surface area contributed by atoms with Crippen LogP contribution in [0.4, 0.5) is 14.8 Å². The molecule has 0 bridgehead atoms. The number of aromatic nitrogens is 2. The van der Waals surface area contributed by atoms with E-state index in [4.69, 9.17) is 4.52 Å². The summed E-state index contributed by atoms with van der Waals surface area (Å²) >= 11 is 0. The van der Waals surface area contributed by atoms with Crippen molar-refractivity contribution in [1.82, 2.24) is 14.9 Å². The molecule has 0 atom stereocenters. The van der Waals surface area contributed by atoms with Gasteiger partial charge in [-0.05, 0) is 52.4 Å². The van der Waals surface area contributed by atoms with E-state index in [-0.39, 0.29) is 23.5 Å². The van der Waals surface area contributed by atoms with Crippen LogP contribution in [0.15, 0.2) is 34.9 Å². The van der Waals surface area contributed by atoms with Crippen molar-refractivity contribution in [2.24, 2.45) is 5.92 Å². The number of nitrogens with zero attached hydrogens (tertiary/aromatic N) is 2. The molecule has 1 aromatic carbocycles.